The quantitative estimate of drug-likeness (QED) is 0.0211. The Bertz CT molecular complexity index is 2300. The summed E-state index contributed by atoms with van der Waals surface area (Å²) in [5.74, 6) is -2.00. The Morgan fingerprint density at radius 3 is 0.762 bits per heavy atom. The van der Waals surface area contributed by atoms with Crippen LogP contribution in [0.15, 0.2) is 158 Å². The lowest BCUT2D eigenvalue weighted by Crippen LogP contribution is -2.40. The van der Waals surface area contributed by atoms with E-state index in [0.717, 1.165) is 128 Å². The van der Waals surface area contributed by atoms with Crippen molar-refractivity contribution in [3.05, 3.63) is 158 Å². The highest BCUT2D eigenvalue weighted by atomic mass is 16.7. The molecule has 0 amide bonds. The maximum Gasteiger partial charge on any atom is 0.361 e. The van der Waals surface area contributed by atoms with Gasteiger partial charge in [-0.2, -0.15) is 0 Å². The second-order valence-electron chi connectivity index (χ2n) is 30.1. The van der Waals surface area contributed by atoms with Crippen LogP contribution < -0.4 is 0 Å². The molecule has 0 radical (unpaired) electrons. The first kappa shape index (κ1) is 99.9. The molecule has 0 fully saturated rings. The molecule has 2 unspecified atom stereocenters. The molecule has 2 atom stereocenters. The summed E-state index contributed by atoms with van der Waals surface area (Å²) in [4.78, 5) is 37.8. The van der Waals surface area contributed by atoms with E-state index in [4.69, 9.17) is 18.9 Å². The minimum absolute atomic E-state index is 0.183. The second-order valence-corrected chi connectivity index (χ2v) is 30.1. The Labute approximate surface area is 648 Å². The minimum Gasteiger partial charge on any atom is -0.477 e. The van der Waals surface area contributed by atoms with Crippen molar-refractivity contribution < 1.29 is 42.9 Å². The van der Waals surface area contributed by atoms with Crippen molar-refractivity contribution in [3.63, 3.8) is 0 Å². The molecule has 105 heavy (non-hydrogen) atoms. The normalized spacial score (nSPS) is 13.4. The first-order valence-electron chi connectivity index (χ1n) is 43.6. The number of nitrogens with zero attached hydrogens (tertiary/aromatic N) is 1. The Balaban J connectivity index is 3.99. The molecule has 0 aromatic rings. The van der Waals surface area contributed by atoms with Crippen LogP contribution in [0.2, 0.25) is 0 Å². The fraction of sp³-hybridized carbons (Fsp3) is 0.698. The van der Waals surface area contributed by atoms with Gasteiger partial charge in [-0.15, -0.1) is 0 Å². The standard InChI is InChI=1S/C96H163NO8/c1-6-8-10-12-14-16-18-20-22-24-26-28-30-32-34-36-38-40-42-44-46-47-49-50-52-54-56-58-60-62-64-66-68-70-72-74-76-78-80-82-84-86-93(98)103-90-92(91-104-96(95(100)101)102-89-88-97(3,4)5)105-94(99)87-85-83-81-79-77-75-73-71-69-67-65-63-61-59-57-55-53-51-48-45-43-41-39-37-35-33-31-29-27-25-23-21-19-17-15-13-11-9-7-2/h8-11,14-17,20-23,26-29,33,35,39,41,45,48,53,55,59,61,92,96H,6-7,12-13,18-19,24-25,30-32,34,36-38,40,42-44,46-47,49-52,54,56-58,60,62-91H2,1-5H3/p+1/b10-8-,11-9-,16-14-,17-15-,22-20-,23-21-,28-26-,29-27-,35-33-,41-39-,48-45-,55-53-,61-59-. The van der Waals surface area contributed by atoms with Crippen LogP contribution >= 0.6 is 0 Å². The average molecular weight is 1460 g/mol. The smallest absolute Gasteiger partial charge is 0.361 e. The molecule has 0 aliphatic rings. The van der Waals surface area contributed by atoms with Crippen LogP contribution in [0.1, 0.15) is 373 Å². The summed E-state index contributed by atoms with van der Waals surface area (Å²) in [6.07, 6.45) is 123. The fourth-order valence-electron chi connectivity index (χ4n) is 12.2. The van der Waals surface area contributed by atoms with E-state index in [-0.39, 0.29) is 32.2 Å². The Morgan fingerprint density at radius 1 is 0.286 bits per heavy atom. The van der Waals surface area contributed by atoms with Gasteiger partial charge in [0.05, 0.1) is 34.4 Å². The van der Waals surface area contributed by atoms with Crippen LogP contribution in [-0.2, 0) is 33.3 Å². The van der Waals surface area contributed by atoms with Gasteiger partial charge in [0.25, 0.3) is 6.29 Å². The first-order chi connectivity index (χ1) is 51.6. The predicted molar refractivity (Wildman–Crippen MR) is 456 cm³/mol. The highest BCUT2D eigenvalue weighted by molar-refractivity contribution is 5.71. The number of carbonyl (C=O) groups excluding carboxylic acids is 2. The Morgan fingerprint density at radius 2 is 0.514 bits per heavy atom. The van der Waals surface area contributed by atoms with Gasteiger partial charge in [-0.1, -0.05) is 397 Å². The van der Waals surface area contributed by atoms with Crippen LogP contribution in [0.5, 0.6) is 0 Å². The highest BCUT2D eigenvalue weighted by Crippen LogP contribution is 2.19. The summed E-state index contributed by atoms with van der Waals surface area (Å²) >= 11 is 0. The van der Waals surface area contributed by atoms with E-state index in [2.05, 4.69) is 172 Å². The Hall–Kier alpha value is -5.09. The number of carboxylic acid groups (broad SMARTS) is 1. The number of carbonyl (C=O) groups is 3. The van der Waals surface area contributed by atoms with Crippen molar-refractivity contribution in [3.8, 4) is 0 Å². The van der Waals surface area contributed by atoms with Gasteiger partial charge in [0.15, 0.2) is 6.10 Å². The largest absolute Gasteiger partial charge is 0.477 e. The van der Waals surface area contributed by atoms with Gasteiger partial charge in [-0.05, 0) is 122 Å². The molecule has 0 saturated carbocycles. The van der Waals surface area contributed by atoms with E-state index in [1.807, 2.05) is 21.1 Å². The number of quaternary nitrogens is 1. The summed E-state index contributed by atoms with van der Waals surface area (Å²) in [6.45, 7) is 4.68. The van der Waals surface area contributed by atoms with Crippen molar-refractivity contribution in [2.45, 2.75) is 386 Å². The molecule has 0 rings (SSSR count). The number of allylic oxidation sites excluding steroid dienone is 26. The van der Waals surface area contributed by atoms with Gasteiger partial charge in [0, 0.05) is 12.8 Å². The molecular formula is C96H164NO8+. The maximum atomic E-state index is 13.0. The Kier molecular flexibility index (Phi) is 80.4. The number of hydrogen-bond acceptors (Lipinski definition) is 7. The zero-order valence-electron chi connectivity index (χ0n) is 68.8. The lowest BCUT2D eigenvalue weighted by atomic mass is 10.0. The number of hydrogen-bond donors (Lipinski definition) is 1. The molecule has 0 aromatic carbocycles. The maximum absolute atomic E-state index is 13.0. The topological polar surface area (TPSA) is 108 Å². The number of esters is 2. The van der Waals surface area contributed by atoms with Crippen molar-refractivity contribution in [2.75, 3.05) is 47.5 Å². The number of aliphatic carboxylic acids is 1. The third kappa shape index (κ3) is 86.0. The summed E-state index contributed by atoms with van der Waals surface area (Å²) in [5.41, 5.74) is 0. The van der Waals surface area contributed by atoms with Crippen LogP contribution in [0.4, 0.5) is 0 Å². The fourth-order valence-corrected chi connectivity index (χ4v) is 12.2. The van der Waals surface area contributed by atoms with Crippen molar-refractivity contribution >= 4 is 17.9 Å². The first-order valence-corrected chi connectivity index (χ1v) is 43.6. The molecule has 9 heteroatoms. The van der Waals surface area contributed by atoms with Gasteiger partial charge in [0.2, 0.25) is 0 Å². The summed E-state index contributed by atoms with van der Waals surface area (Å²) in [5, 5.41) is 9.79. The summed E-state index contributed by atoms with van der Waals surface area (Å²) in [6, 6.07) is 0. The monoisotopic (exact) mass is 1460 g/mol. The number of carboxylic acids is 1. The molecule has 9 nitrogen and oxygen atoms in total. The van der Waals surface area contributed by atoms with Gasteiger partial charge >= 0.3 is 17.9 Å². The van der Waals surface area contributed by atoms with Crippen LogP contribution in [0, 0.1) is 0 Å². The van der Waals surface area contributed by atoms with Crippen molar-refractivity contribution in [1.29, 1.82) is 0 Å². The molecule has 0 bridgehead atoms. The lowest BCUT2D eigenvalue weighted by Gasteiger charge is -2.25. The van der Waals surface area contributed by atoms with E-state index in [1.54, 1.807) is 0 Å². The van der Waals surface area contributed by atoms with E-state index in [0.29, 0.717) is 23.9 Å². The zero-order chi connectivity index (χ0) is 76.0. The van der Waals surface area contributed by atoms with Gasteiger partial charge in [-0.25, -0.2) is 4.79 Å². The highest BCUT2D eigenvalue weighted by Gasteiger charge is 2.25. The minimum atomic E-state index is -1.52. The van der Waals surface area contributed by atoms with Gasteiger partial charge < -0.3 is 28.5 Å². The van der Waals surface area contributed by atoms with Crippen LogP contribution in [0.3, 0.4) is 0 Å². The van der Waals surface area contributed by atoms with Crippen molar-refractivity contribution in [1.82, 2.24) is 0 Å². The summed E-state index contributed by atoms with van der Waals surface area (Å²) in [7, 11) is 5.99. The number of ether oxygens (including phenoxy) is 4. The van der Waals surface area contributed by atoms with Crippen molar-refractivity contribution in [2.24, 2.45) is 0 Å². The molecule has 1 N–H and O–H groups in total. The van der Waals surface area contributed by atoms with E-state index >= 15 is 0 Å². The molecule has 0 aliphatic heterocycles. The average Bonchev–Trinajstić information content (AvgIpc) is 1.97. The number of likely N-dealkylation sites (N-methyl/N-ethyl adjacent to an activating group) is 1. The molecule has 600 valence electrons. The van der Waals surface area contributed by atoms with E-state index in [1.165, 1.54) is 212 Å². The predicted octanol–water partition coefficient (Wildman–Crippen LogP) is 28.7. The van der Waals surface area contributed by atoms with Gasteiger partial charge in [-0.3, -0.25) is 9.59 Å². The van der Waals surface area contributed by atoms with E-state index in [9.17, 15) is 19.5 Å². The molecular weight excluding hydrogens is 1300 g/mol. The van der Waals surface area contributed by atoms with Crippen LogP contribution in [-0.4, -0.2) is 87.4 Å². The molecule has 0 aromatic heterocycles. The SMILES string of the molecule is CC/C=C\C/C=C\C/C=C\C/C=C\C/C=C\C/C=C\C/C=C\C/C=C\C/C=C\CCCCCCCCCCCCCC(=O)OC(COC(=O)CCCCCCCCCCCCCCCCCCCCCCCCCCCCCC/C=C\C/C=C\C/C=C\C/C=C\CC)COC(OCC[N+](C)(C)C)C(=O)O. The third-order valence-corrected chi connectivity index (χ3v) is 18.8. The zero-order valence-corrected chi connectivity index (χ0v) is 68.8. The molecule has 0 heterocycles. The van der Waals surface area contributed by atoms with Crippen LogP contribution in [0.25, 0.3) is 0 Å². The molecule has 0 saturated heterocycles. The molecule has 0 spiro atoms. The third-order valence-electron chi connectivity index (χ3n) is 18.8. The summed E-state index contributed by atoms with van der Waals surface area (Å²) < 4.78 is 23.1. The van der Waals surface area contributed by atoms with E-state index < -0.39 is 24.3 Å². The lowest BCUT2D eigenvalue weighted by molar-refractivity contribution is -0.870. The number of unbranched alkanes of at least 4 members (excludes halogenated alkanes) is 39. The van der Waals surface area contributed by atoms with Gasteiger partial charge in [0.1, 0.15) is 13.2 Å². The molecule has 0 aliphatic carbocycles. The second kappa shape index (κ2) is 84.5. The number of rotatable bonds is 80.